The number of alkyl halides is 2. The lowest BCUT2D eigenvalue weighted by atomic mass is 10.1. The van der Waals surface area contributed by atoms with E-state index in [1.165, 1.54) is 41.7 Å². The maximum atomic E-state index is 12.0. The molecule has 1 aromatic heterocycles. The van der Waals surface area contributed by atoms with Crippen LogP contribution in [0.3, 0.4) is 0 Å². The molecule has 2 rings (SSSR count). The summed E-state index contributed by atoms with van der Waals surface area (Å²) in [6.07, 6.45) is 3.17. The first kappa shape index (κ1) is 13.4. The van der Waals surface area contributed by atoms with Crippen LogP contribution in [0, 0.1) is 0 Å². The van der Waals surface area contributed by atoms with Gasteiger partial charge in [-0.2, -0.15) is 8.78 Å². The summed E-state index contributed by atoms with van der Waals surface area (Å²) in [5.74, 6) is -0.147. The van der Waals surface area contributed by atoms with Gasteiger partial charge in [-0.3, -0.25) is 4.79 Å². The third-order valence-electron chi connectivity index (χ3n) is 2.31. The molecule has 0 atom stereocenters. The van der Waals surface area contributed by atoms with Crippen molar-refractivity contribution in [1.29, 1.82) is 0 Å². The van der Waals surface area contributed by atoms with Gasteiger partial charge in [0.15, 0.2) is 5.78 Å². The third kappa shape index (κ3) is 3.99. The number of hydrogen-bond acceptors (Lipinski definition) is 3. The molecule has 0 N–H and O–H groups in total. The van der Waals surface area contributed by atoms with Gasteiger partial charge in [-0.25, -0.2) is 0 Å². The molecule has 0 bridgehead atoms. The van der Waals surface area contributed by atoms with Crippen molar-refractivity contribution in [3.8, 4) is 5.75 Å². The average molecular weight is 280 g/mol. The van der Waals surface area contributed by atoms with E-state index in [2.05, 4.69) is 4.74 Å². The smallest absolute Gasteiger partial charge is 0.387 e. The molecular weight excluding hydrogens is 270 g/mol. The molecule has 0 radical (unpaired) electrons. The minimum atomic E-state index is -2.86. The summed E-state index contributed by atoms with van der Waals surface area (Å²) in [5.41, 5.74) is 0.425. The quantitative estimate of drug-likeness (QED) is 0.604. The number of thiophene rings is 1. The van der Waals surface area contributed by atoms with Crippen LogP contribution in [0.4, 0.5) is 8.78 Å². The molecule has 0 saturated carbocycles. The maximum Gasteiger partial charge on any atom is 0.387 e. The summed E-state index contributed by atoms with van der Waals surface area (Å²) < 4.78 is 28.1. The van der Waals surface area contributed by atoms with Crippen molar-refractivity contribution in [1.82, 2.24) is 0 Å². The van der Waals surface area contributed by atoms with Crippen LogP contribution in [0.15, 0.2) is 47.9 Å². The molecule has 2 aromatic rings. The predicted molar refractivity (Wildman–Crippen MR) is 70.8 cm³/mol. The largest absolute Gasteiger partial charge is 0.435 e. The van der Waals surface area contributed by atoms with Crippen molar-refractivity contribution in [3.05, 3.63) is 58.3 Å². The van der Waals surface area contributed by atoms with Crippen LogP contribution in [0.1, 0.15) is 15.2 Å². The molecule has 0 aliphatic carbocycles. The molecule has 0 spiro atoms. The molecule has 0 saturated heterocycles. The topological polar surface area (TPSA) is 26.3 Å². The van der Waals surface area contributed by atoms with Gasteiger partial charge in [0.25, 0.3) is 0 Å². The zero-order valence-electron chi connectivity index (χ0n) is 9.75. The van der Waals surface area contributed by atoms with Crippen LogP contribution in [0.5, 0.6) is 5.75 Å². The summed E-state index contributed by atoms with van der Waals surface area (Å²) in [7, 11) is 0. The Morgan fingerprint density at radius 2 is 1.95 bits per heavy atom. The lowest BCUT2D eigenvalue weighted by Gasteiger charge is -2.04. The second-order valence-electron chi connectivity index (χ2n) is 3.62. The molecule has 19 heavy (non-hydrogen) atoms. The first-order valence-corrected chi connectivity index (χ1v) is 6.34. The van der Waals surface area contributed by atoms with Crippen LogP contribution in [-0.4, -0.2) is 12.4 Å². The number of carbonyl (C=O) groups excluding carboxylic acids is 1. The van der Waals surface area contributed by atoms with E-state index in [0.717, 1.165) is 4.88 Å². The first-order valence-electron chi connectivity index (χ1n) is 5.46. The van der Waals surface area contributed by atoms with E-state index in [4.69, 9.17) is 0 Å². The van der Waals surface area contributed by atoms with Crippen molar-refractivity contribution in [2.45, 2.75) is 6.61 Å². The predicted octanol–water partition coefficient (Wildman–Crippen LogP) is 4.25. The lowest BCUT2D eigenvalue weighted by Crippen LogP contribution is -2.02. The average Bonchev–Trinajstić information content (AvgIpc) is 2.89. The molecule has 98 valence electrons. The Labute approximate surface area is 113 Å². The van der Waals surface area contributed by atoms with Crippen molar-refractivity contribution >= 4 is 23.2 Å². The number of rotatable bonds is 5. The fourth-order valence-electron chi connectivity index (χ4n) is 1.44. The van der Waals surface area contributed by atoms with E-state index >= 15 is 0 Å². The van der Waals surface area contributed by atoms with E-state index in [0.29, 0.717) is 5.56 Å². The first-order chi connectivity index (χ1) is 9.15. The molecule has 0 aliphatic heterocycles. The summed E-state index contributed by atoms with van der Waals surface area (Å²) in [6, 6.07) is 9.40. The number of ether oxygens (including phenoxy) is 1. The summed E-state index contributed by atoms with van der Waals surface area (Å²) >= 11 is 1.53. The third-order valence-corrected chi connectivity index (χ3v) is 3.14. The Morgan fingerprint density at radius 3 is 2.53 bits per heavy atom. The Balaban J connectivity index is 2.03. The minimum Gasteiger partial charge on any atom is -0.435 e. The fraction of sp³-hybridized carbons (Fsp3) is 0.0714. The van der Waals surface area contributed by atoms with Crippen LogP contribution in [0.25, 0.3) is 6.08 Å². The zero-order chi connectivity index (χ0) is 13.7. The lowest BCUT2D eigenvalue weighted by molar-refractivity contribution is -0.0498. The monoisotopic (exact) mass is 280 g/mol. The van der Waals surface area contributed by atoms with Gasteiger partial charge in [0.2, 0.25) is 0 Å². The van der Waals surface area contributed by atoms with Crippen LogP contribution in [0.2, 0.25) is 0 Å². The molecule has 0 unspecified atom stereocenters. The van der Waals surface area contributed by atoms with E-state index in [1.807, 2.05) is 17.5 Å². The van der Waals surface area contributed by atoms with Crippen LogP contribution < -0.4 is 4.74 Å². The van der Waals surface area contributed by atoms with Gasteiger partial charge in [-0.1, -0.05) is 6.07 Å². The fourth-order valence-corrected chi connectivity index (χ4v) is 2.06. The number of ketones is 1. The SMILES string of the molecule is O=C(C=Cc1cccs1)c1ccc(OC(F)F)cc1. The number of hydrogen-bond donors (Lipinski definition) is 0. The summed E-state index contributed by atoms with van der Waals surface area (Å²) in [5, 5.41) is 1.92. The molecule has 1 aromatic carbocycles. The van der Waals surface area contributed by atoms with Gasteiger partial charge < -0.3 is 4.74 Å². The van der Waals surface area contributed by atoms with Crippen molar-refractivity contribution < 1.29 is 18.3 Å². The zero-order valence-corrected chi connectivity index (χ0v) is 10.6. The van der Waals surface area contributed by atoms with Crippen LogP contribution >= 0.6 is 11.3 Å². The van der Waals surface area contributed by atoms with Gasteiger partial charge in [-0.05, 0) is 47.9 Å². The van der Waals surface area contributed by atoms with Crippen molar-refractivity contribution in [2.75, 3.05) is 0 Å². The highest BCUT2D eigenvalue weighted by atomic mass is 32.1. The maximum absolute atomic E-state index is 12.0. The highest BCUT2D eigenvalue weighted by Crippen LogP contribution is 2.16. The Bertz CT molecular complexity index is 560. The molecule has 1 heterocycles. The molecule has 0 aliphatic rings. The second-order valence-corrected chi connectivity index (χ2v) is 4.60. The second kappa shape index (κ2) is 6.24. The van der Waals surface area contributed by atoms with Crippen molar-refractivity contribution in [3.63, 3.8) is 0 Å². The van der Waals surface area contributed by atoms with E-state index in [1.54, 1.807) is 6.08 Å². The molecular formula is C14H10F2O2S. The molecule has 5 heteroatoms. The number of allylic oxidation sites excluding steroid dienone is 1. The normalized spacial score (nSPS) is 11.1. The number of benzene rings is 1. The highest BCUT2D eigenvalue weighted by Gasteiger charge is 2.06. The molecule has 2 nitrogen and oxygen atoms in total. The van der Waals surface area contributed by atoms with Gasteiger partial charge in [0.05, 0.1) is 0 Å². The Morgan fingerprint density at radius 1 is 1.21 bits per heavy atom. The van der Waals surface area contributed by atoms with Crippen LogP contribution in [-0.2, 0) is 0 Å². The van der Waals surface area contributed by atoms with Crippen molar-refractivity contribution in [2.24, 2.45) is 0 Å². The standard InChI is InChI=1S/C14H10F2O2S/c15-14(16)18-11-5-3-10(4-6-11)13(17)8-7-12-2-1-9-19-12/h1-9,14H. The van der Waals surface area contributed by atoms with Gasteiger partial charge >= 0.3 is 6.61 Å². The highest BCUT2D eigenvalue weighted by molar-refractivity contribution is 7.10. The minimum absolute atomic E-state index is 0.0359. The van der Waals surface area contributed by atoms with E-state index in [9.17, 15) is 13.6 Å². The molecule has 0 amide bonds. The van der Waals surface area contributed by atoms with Gasteiger partial charge in [0.1, 0.15) is 5.75 Å². The Hall–Kier alpha value is -2.01. The van der Waals surface area contributed by atoms with E-state index < -0.39 is 6.61 Å². The van der Waals surface area contributed by atoms with E-state index in [-0.39, 0.29) is 11.5 Å². The number of halogens is 2. The Kier molecular flexibility index (Phi) is 4.41. The molecule has 0 fully saturated rings. The summed E-state index contributed by atoms with van der Waals surface area (Å²) in [4.78, 5) is 12.8. The van der Waals surface area contributed by atoms with Gasteiger partial charge in [0, 0.05) is 10.4 Å². The van der Waals surface area contributed by atoms with Gasteiger partial charge in [-0.15, -0.1) is 11.3 Å². The summed E-state index contributed by atoms with van der Waals surface area (Å²) in [6.45, 7) is -2.86. The number of carbonyl (C=O) groups is 1.